The fraction of sp³-hybridized carbons (Fsp3) is 0.731. The molecule has 0 unspecified atom stereocenters. The number of rotatable bonds is 17. The van der Waals surface area contributed by atoms with Crippen molar-refractivity contribution in [3.63, 3.8) is 0 Å². The zero-order valence-corrected chi connectivity index (χ0v) is 19.2. The predicted octanol–water partition coefficient (Wildman–Crippen LogP) is 8.50. The minimum atomic E-state index is -1.20. The van der Waals surface area contributed by atoms with Crippen LogP contribution in [-0.4, -0.2) is 11.3 Å². The fourth-order valence-electron chi connectivity index (χ4n) is 4.11. The van der Waals surface area contributed by atoms with Gasteiger partial charge in [0.2, 0.25) is 0 Å². The number of carbonyl (C=O) groups is 1. The van der Waals surface area contributed by atoms with Crippen LogP contribution in [0.3, 0.4) is 0 Å². The number of aryl methyl sites for hydroxylation is 1. The molecule has 0 heterocycles. The van der Waals surface area contributed by atoms with Crippen molar-refractivity contribution in [2.24, 2.45) is 0 Å². The quantitative estimate of drug-likeness (QED) is 0.161. The van der Waals surface area contributed by atoms with Gasteiger partial charge in [0.1, 0.15) is 5.75 Å². The molecular formula is C26H44O3. The van der Waals surface area contributed by atoms with Crippen LogP contribution in [0.25, 0.3) is 0 Å². The van der Waals surface area contributed by atoms with Crippen LogP contribution in [0, 0.1) is 0 Å². The molecule has 0 atom stereocenters. The molecule has 0 spiro atoms. The largest absolute Gasteiger partial charge is 0.511 e. The molecule has 0 aliphatic heterocycles. The molecule has 29 heavy (non-hydrogen) atoms. The summed E-state index contributed by atoms with van der Waals surface area (Å²) < 4.78 is 5.21. The van der Waals surface area contributed by atoms with Gasteiger partial charge in [-0.1, -0.05) is 91.0 Å². The summed E-state index contributed by atoms with van der Waals surface area (Å²) in [6, 6.07) is 4.02. The predicted molar refractivity (Wildman–Crippen MR) is 123 cm³/mol. The Kier molecular flexibility index (Phi) is 14.4. The maximum Gasteiger partial charge on any atom is 0.511 e. The molecule has 1 aromatic carbocycles. The van der Waals surface area contributed by atoms with E-state index in [1.54, 1.807) is 0 Å². The lowest BCUT2D eigenvalue weighted by Crippen LogP contribution is -2.09. The second-order valence-electron chi connectivity index (χ2n) is 8.33. The van der Waals surface area contributed by atoms with Gasteiger partial charge in [-0.2, -0.15) is 0 Å². The highest BCUT2D eigenvalue weighted by Gasteiger charge is 2.16. The van der Waals surface area contributed by atoms with Gasteiger partial charge in [-0.25, -0.2) is 4.79 Å². The number of benzene rings is 1. The average molecular weight is 405 g/mol. The fourth-order valence-corrected chi connectivity index (χ4v) is 4.11. The average Bonchev–Trinajstić information content (AvgIpc) is 2.70. The Morgan fingerprint density at radius 2 is 1.17 bits per heavy atom. The molecule has 0 radical (unpaired) electrons. The summed E-state index contributed by atoms with van der Waals surface area (Å²) in [5, 5.41) is 9.22. The van der Waals surface area contributed by atoms with E-state index in [9.17, 15) is 9.90 Å². The van der Waals surface area contributed by atoms with Crippen LogP contribution in [0.4, 0.5) is 4.79 Å². The summed E-state index contributed by atoms with van der Waals surface area (Å²) in [6.07, 6.45) is 17.9. The molecule has 0 saturated carbocycles. The van der Waals surface area contributed by atoms with Crippen molar-refractivity contribution < 1.29 is 14.6 Å². The van der Waals surface area contributed by atoms with Gasteiger partial charge in [0.15, 0.2) is 0 Å². The van der Waals surface area contributed by atoms with Gasteiger partial charge < -0.3 is 9.84 Å². The van der Waals surface area contributed by atoms with E-state index >= 15 is 0 Å². The van der Waals surface area contributed by atoms with Crippen molar-refractivity contribution in [3.8, 4) is 5.75 Å². The van der Waals surface area contributed by atoms with E-state index in [0.29, 0.717) is 5.75 Å². The van der Waals surface area contributed by atoms with Crippen LogP contribution in [0.15, 0.2) is 12.1 Å². The third-order valence-corrected chi connectivity index (χ3v) is 5.79. The zero-order valence-electron chi connectivity index (χ0n) is 19.2. The van der Waals surface area contributed by atoms with E-state index in [1.165, 1.54) is 88.2 Å². The number of carboxylic acid groups (broad SMARTS) is 1. The van der Waals surface area contributed by atoms with Crippen LogP contribution in [0.1, 0.15) is 121 Å². The van der Waals surface area contributed by atoms with Crippen molar-refractivity contribution >= 4 is 6.16 Å². The minimum absolute atomic E-state index is 0.566. The Labute approximate surface area is 179 Å². The topological polar surface area (TPSA) is 46.5 Å². The van der Waals surface area contributed by atoms with Crippen LogP contribution >= 0.6 is 0 Å². The SMILES string of the molecule is CCCCCCCc1c(CCCCC)ccc(OC(=O)O)c1CCCCCCC. The first-order valence-electron chi connectivity index (χ1n) is 12.2. The first-order chi connectivity index (χ1) is 14.1. The Morgan fingerprint density at radius 1 is 0.690 bits per heavy atom. The van der Waals surface area contributed by atoms with Gasteiger partial charge in [-0.15, -0.1) is 0 Å². The molecule has 1 rings (SSSR count). The maximum atomic E-state index is 11.3. The van der Waals surface area contributed by atoms with E-state index in [1.807, 2.05) is 6.07 Å². The lowest BCUT2D eigenvalue weighted by molar-refractivity contribution is 0.144. The van der Waals surface area contributed by atoms with Gasteiger partial charge >= 0.3 is 6.16 Å². The van der Waals surface area contributed by atoms with Crippen molar-refractivity contribution in [2.75, 3.05) is 0 Å². The third-order valence-electron chi connectivity index (χ3n) is 5.79. The highest BCUT2D eigenvalue weighted by Crippen LogP contribution is 2.31. The molecule has 166 valence electrons. The van der Waals surface area contributed by atoms with E-state index < -0.39 is 6.16 Å². The monoisotopic (exact) mass is 404 g/mol. The van der Waals surface area contributed by atoms with Gasteiger partial charge in [0, 0.05) is 0 Å². The molecule has 0 bridgehead atoms. The summed E-state index contributed by atoms with van der Waals surface area (Å²) in [4.78, 5) is 11.3. The highest BCUT2D eigenvalue weighted by molar-refractivity contribution is 5.63. The van der Waals surface area contributed by atoms with Crippen LogP contribution in [0.2, 0.25) is 0 Å². The van der Waals surface area contributed by atoms with Crippen molar-refractivity contribution in [2.45, 2.75) is 124 Å². The van der Waals surface area contributed by atoms with Crippen LogP contribution < -0.4 is 4.74 Å². The van der Waals surface area contributed by atoms with E-state index in [4.69, 9.17) is 4.74 Å². The summed E-state index contributed by atoms with van der Waals surface area (Å²) in [6.45, 7) is 6.71. The molecule has 3 heteroatoms. The Balaban J connectivity index is 3.00. The molecule has 0 aliphatic carbocycles. The van der Waals surface area contributed by atoms with Crippen LogP contribution in [-0.2, 0) is 19.3 Å². The Bertz CT molecular complexity index is 565. The lowest BCUT2D eigenvalue weighted by atomic mass is 9.89. The number of unbranched alkanes of at least 4 members (excludes halogenated alkanes) is 10. The summed E-state index contributed by atoms with van der Waals surface area (Å²) in [5.74, 6) is 0.566. The van der Waals surface area contributed by atoms with E-state index in [0.717, 1.165) is 31.2 Å². The molecule has 1 N–H and O–H groups in total. The molecule has 0 fully saturated rings. The third kappa shape index (κ3) is 10.7. The number of hydrogen-bond acceptors (Lipinski definition) is 2. The maximum absolute atomic E-state index is 11.3. The Morgan fingerprint density at radius 3 is 1.72 bits per heavy atom. The van der Waals surface area contributed by atoms with Gasteiger partial charge in [0.25, 0.3) is 0 Å². The zero-order chi connectivity index (χ0) is 21.3. The normalized spacial score (nSPS) is 11.0. The summed E-state index contributed by atoms with van der Waals surface area (Å²) in [5.41, 5.74) is 3.95. The molecule has 0 aromatic heterocycles. The first kappa shape index (κ1) is 25.5. The molecular weight excluding hydrogens is 360 g/mol. The Hall–Kier alpha value is -1.51. The molecule has 0 aliphatic rings. The van der Waals surface area contributed by atoms with E-state index in [2.05, 4.69) is 26.8 Å². The highest BCUT2D eigenvalue weighted by atomic mass is 16.7. The smallest absolute Gasteiger partial charge is 0.449 e. The van der Waals surface area contributed by atoms with Gasteiger partial charge in [-0.05, 0) is 61.3 Å². The standard InChI is InChI=1S/C26H44O3/c1-4-7-10-12-15-18-23-22(17-14-9-6-3)20-21-25(29-26(27)28)24(23)19-16-13-11-8-5-2/h20-21H,4-19H2,1-3H3,(H,27,28). The minimum Gasteiger partial charge on any atom is -0.449 e. The lowest BCUT2D eigenvalue weighted by Gasteiger charge is -2.18. The second-order valence-corrected chi connectivity index (χ2v) is 8.33. The van der Waals surface area contributed by atoms with Gasteiger partial charge in [0.05, 0.1) is 0 Å². The summed E-state index contributed by atoms with van der Waals surface area (Å²) in [7, 11) is 0. The van der Waals surface area contributed by atoms with E-state index in [-0.39, 0.29) is 0 Å². The number of hydrogen-bond donors (Lipinski definition) is 1. The molecule has 3 nitrogen and oxygen atoms in total. The summed E-state index contributed by atoms with van der Waals surface area (Å²) >= 11 is 0. The molecule has 0 amide bonds. The molecule has 0 saturated heterocycles. The number of ether oxygens (including phenoxy) is 1. The van der Waals surface area contributed by atoms with Crippen molar-refractivity contribution in [1.82, 2.24) is 0 Å². The van der Waals surface area contributed by atoms with Crippen molar-refractivity contribution in [3.05, 3.63) is 28.8 Å². The van der Waals surface area contributed by atoms with Crippen molar-refractivity contribution in [1.29, 1.82) is 0 Å². The van der Waals surface area contributed by atoms with Gasteiger partial charge in [-0.3, -0.25) is 0 Å². The molecule has 1 aromatic rings. The van der Waals surface area contributed by atoms with Crippen LogP contribution in [0.5, 0.6) is 5.75 Å². The second kappa shape index (κ2) is 16.3. The first-order valence-corrected chi connectivity index (χ1v) is 12.2.